The summed E-state index contributed by atoms with van der Waals surface area (Å²) in [6.45, 7) is 4.77. The van der Waals surface area contributed by atoms with Crippen molar-refractivity contribution >= 4 is 23.8 Å². The molecule has 0 saturated carbocycles. The van der Waals surface area contributed by atoms with E-state index in [0.717, 1.165) is 16.0 Å². The lowest BCUT2D eigenvalue weighted by atomic mass is 9.90. The molecule has 0 aromatic heterocycles. The Bertz CT molecular complexity index is 1030. The van der Waals surface area contributed by atoms with E-state index in [1.807, 2.05) is 53.7 Å². The van der Waals surface area contributed by atoms with Crippen LogP contribution >= 0.6 is 11.9 Å². The number of hydrogen-bond acceptors (Lipinski definition) is 7. The molecule has 2 aliphatic rings. The molecule has 0 radical (unpaired) electrons. The molecule has 176 valence electrons. The first-order valence-corrected chi connectivity index (χ1v) is 11.7. The van der Waals surface area contributed by atoms with Crippen molar-refractivity contribution < 1.29 is 29.3 Å². The van der Waals surface area contributed by atoms with Crippen LogP contribution in [0.2, 0.25) is 0 Å². The lowest BCUT2D eigenvalue weighted by molar-refractivity contribution is -0.160. The Labute approximate surface area is 197 Å². The average molecular weight is 473 g/mol. The summed E-state index contributed by atoms with van der Waals surface area (Å²) in [6, 6.07) is 11.5. The van der Waals surface area contributed by atoms with E-state index in [1.165, 1.54) is 18.9 Å². The maximum atomic E-state index is 13.4. The van der Waals surface area contributed by atoms with E-state index in [0.29, 0.717) is 37.7 Å². The third-order valence-corrected chi connectivity index (χ3v) is 7.35. The zero-order chi connectivity index (χ0) is 23.6. The molecule has 9 heteroatoms. The topological polar surface area (TPSA) is 108 Å². The van der Waals surface area contributed by atoms with Gasteiger partial charge in [-0.1, -0.05) is 37.3 Å². The number of nitrogens with zero attached hydrogens (tertiary/aromatic N) is 1. The van der Waals surface area contributed by atoms with Crippen molar-refractivity contribution in [3.8, 4) is 11.5 Å². The van der Waals surface area contributed by atoms with Crippen LogP contribution in [0.5, 0.6) is 11.5 Å². The summed E-state index contributed by atoms with van der Waals surface area (Å²) >= 11 is 1.47. The molecule has 0 fully saturated rings. The summed E-state index contributed by atoms with van der Waals surface area (Å²) in [4.78, 5) is 26.2. The lowest BCUT2D eigenvalue weighted by Crippen LogP contribution is -2.60. The zero-order valence-electron chi connectivity index (χ0n) is 18.6. The van der Waals surface area contributed by atoms with Gasteiger partial charge in [-0.25, -0.2) is 9.10 Å². The number of hydrogen-bond donors (Lipinski definition) is 3. The van der Waals surface area contributed by atoms with Gasteiger partial charge in [-0.2, -0.15) is 0 Å². The summed E-state index contributed by atoms with van der Waals surface area (Å²) in [5.74, 6) is -0.345. The molecule has 0 aliphatic carbocycles. The Morgan fingerprint density at radius 2 is 1.88 bits per heavy atom. The van der Waals surface area contributed by atoms with E-state index in [9.17, 15) is 19.8 Å². The molecule has 4 rings (SSSR count). The van der Waals surface area contributed by atoms with E-state index < -0.39 is 23.7 Å². The van der Waals surface area contributed by atoms with Gasteiger partial charge in [0.2, 0.25) is 5.91 Å². The zero-order valence-corrected chi connectivity index (χ0v) is 19.4. The summed E-state index contributed by atoms with van der Waals surface area (Å²) in [5.41, 5.74) is -0.338. The van der Waals surface area contributed by atoms with Crippen molar-refractivity contribution in [2.24, 2.45) is 0 Å². The first kappa shape index (κ1) is 23.4. The molecule has 2 unspecified atom stereocenters. The number of carboxylic acids is 1. The van der Waals surface area contributed by atoms with Gasteiger partial charge < -0.3 is 25.0 Å². The summed E-state index contributed by atoms with van der Waals surface area (Å²) in [6.07, 6.45) is 0.624. The Morgan fingerprint density at radius 3 is 2.52 bits per heavy atom. The largest absolute Gasteiger partial charge is 0.486 e. The minimum absolute atomic E-state index is 0.188. The number of nitrogens with one attached hydrogen (secondary N) is 1. The standard InChI is InChI=1S/C24H28N2O6S/c1-3-26-17(12-16-13-18-19(14-20(16)33-26)32-10-9-31-18)22(27)25-21(24(2,30)23(28)29)11-15-7-5-4-6-8-15/h4-8,13-14,17,21,30H,3,9-12H2,1-2H3,(H,25,27)(H,28,29)/t17?,21-,24?/m0/s1. The predicted octanol–water partition coefficient (Wildman–Crippen LogP) is 2.27. The Morgan fingerprint density at radius 1 is 1.21 bits per heavy atom. The average Bonchev–Trinajstić information content (AvgIpc) is 2.81. The Balaban J connectivity index is 1.57. The molecular weight excluding hydrogens is 444 g/mol. The minimum Gasteiger partial charge on any atom is -0.486 e. The third kappa shape index (κ3) is 4.95. The van der Waals surface area contributed by atoms with Crippen LogP contribution in [0.4, 0.5) is 0 Å². The van der Waals surface area contributed by atoms with Crippen molar-refractivity contribution in [3.05, 3.63) is 53.6 Å². The molecule has 0 spiro atoms. The van der Waals surface area contributed by atoms with E-state index in [4.69, 9.17) is 9.47 Å². The van der Waals surface area contributed by atoms with Crippen LogP contribution in [-0.4, -0.2) is 63.8 Å². The second kappa shape index (κ2) is 9.62. The van der Waals surface area contributed by atoms with E-state index in [2.05, 4.69) is 5.32 Å². The van der Waals surface area contributed by atoms with Gasteiger partial charge in [0.15, 0.2) is 17.1 Å². The monoisotopic (exact) mass is 472 g/mol. The third-order valence-electron chi connectivity index (χ3n) is 6.03. The van der Waals surface area contributed by atoms with Crippen molar-refractivity contribution in [2.45, 2.75) is 49.3 Å². The van der Waals surface area contributed by atoms with Crippen molar-refractivity contribution in [1.29, 1.82) is 0 Å². The highest BCUT2D eigenvalue weighted by molar-refractivity contribution is 7.97. The van der Waals surface area contributed by atoms with Gasteiger partial charge in [-0.3, -0.25) is 4.79 Å². The summed E-state index contributed by atoms with van der Waals surface area (Å²) in [5, 5.41) is 23.2. The van der Waals surface area contributed by atoms with E-state index in [1.54, 1.807) is 0 Å². The Hall–Kier alpha value is -2.75. The molecule has 3 N–H and O–H groups in total. The minimum atomic E-state index is -2.13. The van der Waals surface area contributed by atoms with Gasteiger partial charge in [-0.15, -0.1) is 0 Å². The molecule has 2 aromatic carbocycles. The number of benzene rings is 2. The second-order valence-electron chi connectivity index (χ2n) is 8.35. The number of aliphatic hydroxyl groups is 1. The molecule has 2 aromatic rings. The maximum Gasteiger partial charge on any atom is 0.337 e. The van der Waals surface area contributed by atoms with Gasteiger partial charge in [-0.05, 0) is 55.0 Å². The van der Waals surface area contributed by atoms with E-state index in [-0.39, 0.29) is 12.3 Å². The summed E-state index contributed by atoms with van der Waals surface area (Å²) < 4.78 is 13.3. The van der Waals surface area contributed by atoms with Crippen LogP contribution in [-0.2, 0) is 22.4 Å². The van der Waals surface area contributed by atoms with Crippen molar-refractivity contribution in [1.82, 2.24) is 9.62 Å². The van der Waals surface area contributed by atoms with E-state index >= 15 is 0 Å². The van der Waals surface area contributed by atoms with Gasteiger partial charge in [0.25, 0.3) is 0 Å². The quantitative estimate of drug-likeness (QED) is 0.527. The number of rotatable bonds is 7. The van der Waals surface area contributed by atoms with Crippen LogP contribution in [0.3, 0.4) is 0 Å². The fourth-order valence-corrected chi connectivity index (χ4v) is 5.12. The molecule has 2 aliphatic heterocycles. The first-order valence-electron chi connectivity index (χ1n) is 11.0. The number of carbonyl (C=O) groups is 2. The number of carboxylic acid groups (broad SMARTS) is 1. The molecule has 3 atom stereocenters. The number of fused-ring (bicyclic) bond motifs is 2. The first-order chi connectivity index (χ1) is 15.8. The normalized spacial score (nSPS) is 20.3. The fraction of sp³-hybridized carbons (Fsp3) is 0.417. The second-order valence-corrected chi connectivity index (χ2v) is 9.44. The predicted molar refractivity (Wildman–Crippen MR) is 123 cm³/mol. The van der Waals surface area contributed by atoms with Crippen LogP contribution in [0.15, 0.2) is 47.4 Å². The highest BCUT2D eigenvalue weighted by atomic mass is 32.2. The molecule has 0 saturated heterocycles. The maximum absolute atomic E-state index is 13.4. The molecule has 0 bridgehead atoms. The molecule has 33 heavy (non-hydrogen) atoms. The number of likely N-dealkylation sites (N-methyl/N-ethyl adjacent to an activating group) is 1. The van der Waals surface area contributed by atoms with Crippen molar-refractivity contribution in [2.75, 3.05) is 19.8 Å². The van der Waals surface area contributed by atoms with Crippen LogP contribution in [0, 0.1) is 0 Å². The molecule has 1 amide bonds. The van der Waals surface area contributed by atoms with Gasteiger partial charge in [0, 0.05) is 11.4 Å². The van der Waals surface area contributed by atoms with Crippen LogP contribution in [0.1, 0.15) is 25.0 Å². The van der Waals surface area contributed by atoms with Crippen molar-refractivity contribution in [3.63, 3.8) is 0 Å². The lowest BCUT2D eigenvalue weighted by Gasteiger charge is -2.37. The highest BCUT2D eigenvalue weighted by Crippen LogP contribution is 2.42. The number of aliphatic carboxylic acids is 1. The smallest absolute Gasteiger partial charge is 0.337 e. The SMILES string of the molecule is CCN1Sc2cc3c(cc2CC1C(=O)N[C@@H](Cc1ccccc1)C(C)(O)C(=O)O)OCCO3. The van der Waals surface area contributed by atoms with Crippen LogP contribution in [0.25, 0.3) is 0 Å². The molecule has 8 nitrogen and oxygen atoms in total. The number of amides is 1. The van der Waals surface area contributed by atoms with Gasteiger partial charge in [0.1, 0.15) is 19.3 Å². The summed E-state index contributed by atoms with van der Waals surface area (Å²) in [7, 11) is 0. The molecular formula is C24H28N2O6S. The fourth-order valence-electron chi connectivity index (χ4n) is 4.02. The van der Waals surface area contributed by atoms with Gasteiger partial charge >= 0.3 is 5.97 Å². The van der Waals surface area contributed by atoms with Gasteiger partial charge in [0.05, 0.1) is 6.04 Å². The Kier molecular flexibility index (Phi) is 6.83. The number of carbonyl (C=O) groups excluding carboxylic acids is 1. The highest BCUT2D eigenvalue weighted by Gasteiger charge is 2.42. The van der Waals surface area contributed by atoms with Crippen LogP contribution < -0.4 is 14.8 Å². The molecule has 2 heterocycles. The number of ether oxygens (including phenoxy) is 2.